The molecule has 0 aromatic rings. The number of hydrogen-bond donors (Lipinski definition) is 1. The van der Waals surface area contributed by atoms with Crippen molar-refractivity contribution in [3.8, 4) is 0 Å². The molecule has 0 heterocycles. The predicted octanol–water partition coefficient (Wildman–Crippen LogP) is 4.79. The van der Waals surface area contributed by atoms with E-state index in [1.54, 1.807) is 6.08 Å². The highest BCUT2D eigenvalue weighted by atomic mass is 16.4. The van der Waals surface area contributed by atoms with Gasteiger partial charge in [-0.3, -0.25) is 0 Å². The maximum atomic E-state index is 11.0. The van der Waals surface area contributed by atoms with Gasteiger partial charge in [0.15, 0.2) is 0 Å². The highest BCUT2D eigenvalue weighted by Gasteiger charge is 2.25. The first-order valence-electron chi connectivity index (χ1n) is 6.87. The van der Waals surface area contributed by atoms with Crippen LogP contribution in [0.15, 0.2) is 11.6 Å². The molecule has 0 aliphatic carbocycles. The van der Waals surface area contributed by atoms with Crippen LogP contribution in [0.4, 0.5) is 0 Å². The van der Waals surface area contributed by atoms with Gasteiger partial charge >= 0.3 is 5.97 Å². The van der Waals surface area contributed by atoms with Crippen LogP contribution in [-0.2, 0) is 4.79 Å². The first-order chi connectivity index (χ1) is 7.99. The van der Waals surface area contributed by atoms with Crippen molar-refractivity contribution in [2.75, 3.05) is 0 Å². The number of allylic oxidation sites excluding steroid dienone is 1. The Bertz CT molecular complexity index is 256. The minimum absolute atomic E-state index is 0.147. The summed E-state index contributed by atoms with van der Waals surface area (Å²) in [5, 5.41) is 9.07. The monoisotopic (exact) mass is 240 g/mol. The summed E-state index contributed by atoms with van der Waals surface area (Å²) in [6.45, 7) is 8.40. The molecule has 2 nitrogen and oxygen atoms in total. The zero-order valence-corrected chi connectivity index (χ0v) is 11.9. The molecule has 2 heteroatoms. The Labute approximate surface area is 106 Å². The van der Waals surface area contributed by atoms with Crippen LogP contribution in [0.1, 0.15) is 72.6 Å². The Morgan fingerprint density at radius 2 is 1.88 bits per heavy atom. The van der Waals surface area contributed by atoms with E-state index in [2.05, 4.69) is 20.8 Å². The minimum Gasteiger partial charge on any atom is -0.478 e. The quantitative estimate of drug-likeness (QED) is 0.464. The fourth-order valence-electron chi connectivity index (χ4n) is 2.13. The van der Waals surface area contributed by atoms with E-state index in [4.69, 9.17) is 5.11 Å². The SMILES string of the molecule is CC=C(CC(C)(CC)CCCCCC)C(=O)O. The van der Waals surface area contributed by atoms with Gasteiger partial charge in [-0.1, -0.05) is 59.0 Å². The highest BCUT2D eigenvalue weighted by Crippen LogP contribution is 2.35. The van der Waals surface area contributed by atoms with Crippen molar-refractivity contribution in [3.05, 3.63) is 11.6 Å². The summed E-state index contributed by atoms with van der Waals surface area (Å²) in [7, 11) is 0. The lowest BCUT2D eigenvalue weighted by molar-refractivity contribution is -0.133. The molecule has 0 saturated heterocycles. The van der Waals surface area contributed by atoms with Gasteiger partial charge in [0.1, 0.15) is 0 Å². The van der Waals surface area contributed by atoms with Crippen molar-refractivity contribution in [1.82, 2.24) is 0 Å². The molecule has 0 rings (SSSR count). The predicted molar refractivity (Wildman–Crippen MR) is 73.2 cm³/mol. The molecule has 17 heavy (non-hydrogen) atoms. The zero-order valence-electron chi connectivity index (χ0n) is 11.9. The Hall–Kier alpha value is -0.790. The van der Waals surface area contributed by atoms with E-state index < -0.39 is 5.97 Å². The van der Waals surface area contributed by atoms with Crippen LogP contribution in [0.5, 0.6) is 0 Å². The van der Waals surface area contributed by atoms with E-state index in [0.717, 1.165) is 12.8 Å². The average Bonchev–Trinajstić information content (AvgIpc) is 2.31. The zero-order chi connectivity index (χ0) is 13.3. The van der Waals surface area contributed by atoms with Crippen molar-refractivity contribution in [1.29, 1.82) is 0 Å². The van der Waals surface area contributed by atoms with Crippen molar-refractivity contribution in [3.63, 3.8) is 0 Å². The second-order valence-electron chi connectivity index (χ2n) is 5.27. The van der Waals surface area contributed by atoms with Gasteiger partial charge < -0.3 is 5.11 Å². The molecule has 100 valence electrons. The van der Waals surface area contributed by atoms with E-state index in [-0.39, 0.29) is 5.41 Å². The lowest BCUT2D eigenvalue weighted by atomic mass is 9.76. The fourth-order valence-corrected chi connectivity index (χ4v) is 2.13. The first-order valence-corrected chi connectivity index (χ1v) is 6.87. The third kappa shape index (κ3) is 6.50. The minimum atomic E-state index is -0.763. The van der Waals surface area contributed by atoms with Crippen molar-refractivity contribution in [2.24, 2.45) is 5.41 Å². The molecule has 0 aromatic carbocycles. The Morgan fingerprint density at radius 1 is 1.24 bits per heavy atom. The van der Waals surface area contributed by atoms with Gasteiger partial charge in [0.05, 0.1) is 0 Å². The van der Waals surface area contributed by atoms with Crippen LogP contribution in [0.3, 0.4) is 0 Å². The summed E-state index contributed by atoms with van der Waals surface area (Å²) < 4.78 is 0. The van der Waals surface area contributed by atoms with Crippen LogP contribution < -0.4 is 0 Å². The number of rotatable bonds is 9. The lowest BCUT2D eigenvalue weighted by Crippen LogP contribution is -2.19. The smallest absolute Gasteiger partial charge is 0.331 e. The molecule has 1 unspecified atom stereocenters. The van der Waals surface area contributed by atoms with Gasteiger partial charge in [-0.25, -0.2) is 4.79 Å². The van der Waals surface area contributed by atoms with Crippen LogP contribution >= 0.6 is 0 Å². The highest BCUT2D eigenvalue weighted by molar-refractivity contribution is 5.86. The van der Waals surface area contributed by atoms with Gasteiger partial charge in [0.25, 0.3) is 0 Å². The normalized spacial score (nSPS) is 15.6. The molecule has 0 aliphatic heterocycles. The summed E-state index contributed by atoms with van der Waals surface area (Å²) in [6.07, 6.45) is 9.63. The summed E-state index contributed by atoms with van der Waals surface area (Å²) in [6, 6.07) is 0. The fraction of sp³-hybridized carbons (Fsp3) is 0.800. The Kier molecular flexibility index (Phi) is 7.94. The van der Waals surface area contributed by atoms with Crippen LogP contribution in [0, 0.1) is 5.41 Å². The van der Waals surface area contributed by atoms with Gasteiger partial charge in [0, 0.05) is 5.57 Å². The Morgan fingerprint density at radius 3 is 2.29 bits per heavy atom. The maximum Gasteiger partial charge on any atom is 0.331 e. The number of hydrogen-bond acceptors (Lipinski definition) is 1. The van der Waals surface area contributed by atoms with Crippen molar-refractivity contribution < 1.29 is 9.90 Å². The molecular weight excluding hydrogens is 212 g/mol. The van der Waals surface area contributed by atoms with E-state index in [1.807, 2.05) is 6.92 Å². The van der Waals surface area contributed by atoms with E-state index in [9.17, 15) is 4.79 Å². The number of carboxylic acid groups (broad SMARTS) is 1. The maximum absolute atomic E-state index is 11.0. The molecule has 0 spiro atoms. The third-order valence-corrected chi connectivity index (χ3v) is 3.73. The molecular formula is C15H28O2. The molecule has 0 radical (unpaired) electrons. The lowest BCUT2D eigenvalue weighted by Gasteiger charge is -2.28. The van der Waals surface area contributed by atoms with E-state index in [1.165, 1.54) is 25.7 Å². The summed E-state index contributed by atoms with van der Waals surface area (Å²) >= 11 is 0. The van der Waals surface area contributed by atoms with Crippen molar-refractivity contribution in [2.45, 2.75) is 72.6 Å². The van der Waals surface area contributed by atoms with Crippen molar-refractivity contribution >= 4 is 5.97 Å². The number of carbonyl (C=O) groups is 1. The largest absolute Gasteiger partial charge is 0.478 e. The molecule has 0 bridgehead atoms. The first kappa shape index (κ1) is 16.2. The molecule has 0 aliphatic rings. The van der Waals surface area contributed by atoms with E-state index >= 15 is 0 Å². The molecule has 0 amide bonds. The Balaban J connectivity index is 4.31. The summed E-state index contributed by atoms with van der Waals surface area (Å²) in [5.41, 5.74) is 0.707. The molecule has 1 N–H and O–H groups in total. The standard InChI is InChI=1S/C15H28O2/c1-5-8-9-10-11-15(4,7-3)12-13(6-2)14(16)17/h6H,5,7-12H2,1-4H3,(H,16,17). The summed E-state index contributed by atoms with van der Waals surface area (Å²) in [4.78, 5) is 11.0. The number of unbranched alkanes of at least 4 members (excludes halogenated alkanes) is 3. The summed E-state index contributed by atoms with van der Waals surface area (Å²) in [5.74, 6) is -0.763. The van der Waals surface area contributed by atoms with Gasteiger partial charge in [-0.05, 0) is 25.2 Å². The molecule has 0 aromatic heterocycles. The van der Waals surface area contributed by atoms with Crippen LogP contribution in [-0.4, -0.2) is 11.1 Å². The van der Waals surface area contributed by atoms with Gasteiger partial charge in [0.2, 0.25) is 0 Å². The number of carboxylic acids is 1. The number of aliphatic carboxylic acids is 1. The van der Waals surface area contributed by atoms with E-state index in [0.29, 0.717) is 12.0 Å². The second kappa shape index (κ2) is 8.32. The van der Waals surface area contributed by atoms with Gasteiger partial charge in [-0.15, -0.1) is 0 Å². The second-order valence-corrected chi connectivity index (χ2v) is 5.27. The topological polar surface area (TPSA) is 37.3 Å². The molecule has 0 fully saturated rings. The van der Waals surface area contributed by atoms with Crippen LogP contribution in [0.2, 0.25) is 0 Å². The molecule has 1 atom stereocenters. The molecule has 0 saturated carbocycles. The average molecular weight is 240 g/mol. The third-order valence-electron chi connectivity index (χ3n) is 3.73. The van der Waals surface area contributed by atoms with Crippen LogP contribution in [0.25, 0.3) is 0 Å². The van der Waals surface area contributed by atoms with Gasteiger partial charge in [-0.2, -0.15) is 0 Å².